The van der Waals surface area contributed by atoms with Gasteiger partial charge in [-0.05, 0) is 25.5 Å². The van der Waals surface area contributed by atoms with Gasteiger partial charge < -0.3 is 10.2 Å². The SMILES string of the molecule is Cc1csc(CN2CCCNc3ccccc32)n1. The maximum absolute atomic E-state index is 4.56. The summed E-state index contributed by atoms with van der Waals surface area (Å²) in [6, 6.07) is 8.53. The number of hydrogen-bond acceptors (Lipinski definition) is 4. The summed E-state index contributed by atoms with van der Waals surface area (Å²) < 4.78 is 0. The second kappa shape index (κ2) is 4.98. The minimum atomic E-state index is 0.914. The molecule has 0 atom stereocenters. The zero-order valence-electron chi connectivity index (χ0n) is 10.5. The van der Waals surface area contributed by atoms with Crippen molar-refractivity contribution in [1.29, 1.82) is 0 Å². The lowest BCUT2D eigenvalue weighted by Crippen LogP contribution is -2.23. The lowest BCUT2D eigenvalue weighted by Gasteiger charge is -2.23. The second-order valence-electron chi connectivity index (χ2n) is 4.60. The molecule has 1 aliphatic heterocycles. The lowest BCUT2D eigenvalue weighted by molar-refractivity contribution is 0.760. The average Bonchev–Trinajstić information content (AvgIpc) is 2.68. The van der Waals surface area contributed by atoms with Gasteiger partial charge in [0.2, 0.25) is 0 Å². The second-order valence-corrected chi connectivity index (χ2v) is 5.54. The number of rotatable bonds is 2. The van der Waals surface area contributed by atoms with Gasteiger partial charge >= 0.3 is 0 Å². The van der Waals surface area contributed by atoms with Gasteiger partial charge in [0.15, 0.2) is 0 Å². The fraction of sp³-hybridized carbons (Fsp3) is 0.357. The average molecular weight is 259 g/mol. The van der Waals surface area contributed by atoms with Crippen LogP contribution in [-0.2, 0) is 6.54 Å². The van der Waals surface area contributed by atoms with E-state index in [1.54, 1.807) is 11.3 Å². The Labute approximate surface area is 111 Å². The molecule has 0 radical (unpaired) electrons. The Balaban J connectivity index is 1.87. The molecule has 0 saturated carbocycles. The molecule has 94 valence electrons. The van der Waals surface area contributed by atoms with Crippen LogP contribution in [-0.4, -0.2) is 18.1 Å². The van der Waals surface area contributed by atoms with Gasteiger partial charge in [0.1, 0.15) is 5.01 Å². The molecule has 3 nitrogen and oxygen atoms in total. The van der Waals surface area contributed by atoms with E-state index in [0.717, 1.165) is 25.3 Å². The summed E-state index contributed by atoms with van der Waals surface area (Å²) in [7, 11) is 0. The first-order chi connectivity index (χ1) is 8.83. The molecule has 18 heavy (non-hydrogen) atoms. The van der Waals surface area contributed by atoms with Crippen molar-refractivity contribution in [3.8, 4) is 0 Å². The highest BCUT2D eigenvalue weighted by molar-refractivity contribution is 7.09. The number of anilines is 2. The van der Waals surface area contributed by atoms with Crippen LogP contribution in [0.5, 0.6) is 0 Å². The van der Waals surface area contributed by atoms with E-state index in [-0.39, 0.29) is 0 Å². The molecule has 1 aromatic heterocycles. The number of benzene rings is 1. The van der Waals surface area contributed by atoms with Gasteiger partial charge in [-0.25, -0.2) is 4.98 Å². The summed E-state index contributed by atoms with van der Waals surface area (Å²) in [5.74, 6) is 0. The Morgan fingerprint density at radius 2 is 2.28 bits per heavy atom. The predicted octanol–water partition coefficient (Wildman–Crippen LogP) is 3.27. The Kier molecular flexibility index (Phi) is 3.19. The zero-order chi connectivity index (χ0) is 12.4. The summed E-state index contributed by atoms with van der Waals surface area (Å²) in [4.78, 5) is 6.99. The summed E-state index contributed by atoms with van der Waals surface area (Å²) in [6.07, 6.45) is 1.17. The zero-order valence-corrected chi connectivity index (χ0v) is 11.3. The third-order valence-electron chi connectivity index (χ3n) is 3.16. The van der Waals surface area contributed by atoms with Crippen LogP contribution in [0.1, 0.15) is 17.1 Å². The number of para-hydroxylation sites is 2. The summed E-state index contributed by atoms with van der Waals surface area (Å²) in [5, 5.41) is 6.81. The van der Waals surface area contributed by atoms with Crippen molar-refractivity contribution in [2.45, 2.75) is 19.9 Å². The van der Waals surface area contributed by atoms with Crippen molar-refractivity contribution < 1.29 is 0 Å². The van der Waals surface area contributed by atoms with Gasteiger partial charge in [0.25, 0.3) is 0 Å². The monoisotopic (exact) mass is 259 g/mol. The fourth-order valence-electron chi connectivity index (χ4n) is 2.32. The van der Waals surface area contributed by atoms with E-state index in [2.05, 4.69) is 51.8 Å². The van der Waals surface area contributed by atoms with Crippen LogP contribution in [0.3, 0.4) is 0 Å². The standard InChI is InChI=1S/C14H17N3S/c1-11-10-18-14(16-11)9-17-8-4-7-15-12-5-2-3-6-13(12)17/h2-3,5-6,10,15H,4,7-9H2,1H3. The predicted molar refractivity (Wildman–Crippen MR) is 77.4 cm³/mol. The Bertz CT molecular complexity index is 535. The van der Waals surface area contributed by atoms with Gasteiger partial charge in [-0.2, -0.15) is 0 Å². The normalized spacial score (nSPS) is 14.8. The van der Waals surface area contributed by atoms with E-state index in [0.29, 0.717) is 0 Å². The Morgan fingerprint density at radius 1 is 1.39 bits per heavy atom. The molecule has 0 aliphatic carbocycles. The first-order valence-corrected chi connectivity index (χ1v) is 7.20. The van der Waals surface area contributed by atoms with Gasteiger partial charge in [-0.1, -0.05) is 12.1 Å². The molecular formula is C14H17N3S. The van der Waals surface area contributed by atoms with E-state index in [1.165, 1.54) is 22.8 Å². The molecule has 1 N–H and O–H groups in total. The van der Waals surface area contributed by atoms with Crippen molar-refractivity contribution in [1.82, 2.24) is 4.98 Å². The van der Waals surface area contributed by atoms with E-state index < -0.39 is 0 Å². The van der Waals surface area contributed by atoms with Crippen LogP contribution in [0, 0.1) is 6.92 Å². The van der Waals surface area contributed by atoms with E-state index >= 15 is 0 Å². The smallest absolute Gasteiger partial charge is 0.112 e. The molecular weight excluding hydrogens is 242 g/mol. The summed E-state index contributed by atoms with van der Waals surface area (Å²) >= 11 is 1.75. The number of thiazole rings is 1. The number of aryl methyl sites for hydroxylation is 1. The van der Waals surface area contributed by atoms with Crippen LogP contribution in [0.15, 0.2) is 29.6 Å². The maximum Gasteiger partial charge on any atom is 0.112 e. The first kappa shape index (κ1) is 11.5. The largest absolute Gasteiger partial charge is 0.383 e. The number of hydrogen-bond donors (Lipinski definition) is 1. The minimum Gasteiger partial charge on any atom is -0.383 e. The molecule has 0 unspecified atom stereocenters. The number of nitrogens with one attached hydrogen (secondary N) is 1. The first-order valence-electron chi connectivity index (χ1n) is 6.32. The Morgan fingerprint density at radius 3 is 3.11 bits per heavy atom. The Hall–Kier alpha value is -1.55. The van der Waals surface area contributed by atoms with Crippen molar-refractivity contribution >= 4 is 22.7 Å². The highest BCUT2D eigenvalue weighted by atomic mass is 32.1. The summed E-state index contributed by atoms with van der Waals surface area (Å²) in [5.41, 5.74) is 3.65. The van der Waals surface area contributed by atoms with Gasteiger partial charge in [0, 0.05) is 24.2 Å². The van der Waals surface area contributed by atoms with Crippen molar-refractivity contribution in [2.75, 3.05) is 23.3 Å². The number of aromatic nitrogens is 1. The quantitative estimate of drug-likeness (QED) is 0.897. The third-order valence-corrected chi connectivity index (χ3v) is 4.11. The molecule has 1 aromatic carbocycles. The van der Waals surface area contributed by atoms with Gasteiger partial charge in [0.05, 0.1) is 17.9 Å². The molecule has 2 aromatic rings. The van der Waals surface area contributed by atoms with Crippen LogP contribution < -0.4 is 10.2 Å². The number of nitrogens with zero attached hydrogens (tertiary/aromatic N) is 2. The highest BCUT2D eigenvalue weighted by Gasteiger charge is 2.15. The van der Waals surface area contributed by atoms with Crippen LogP contribution in [0.4, 0.5) is 11.4 Å². The van der Waals surface area contributed by atoms with Crippen molar-refractivity contribution in [3.05, 3.63) is 40.3 Å². The maximum atomic E-state index is 4.56. The van der Waals surface area contributed by atoms with E-state index in [1.807, 2.05) is 0 Å². The fourth-order valence-corrected chi connectivity index (χ4v) is 3.10. The molecule has 0 spiro atoms. The summed E-state index contributed by atoms with van der Waals surface area (Å²) in [6.45, 7) is 5.10. The minimum absolute atomic E-state index is 0.914. The molecule has 0 fully saturated rings. The molecule has 0 bridgehead atoms. The topological polar surface area (TPSA) is 28.2 Å². The molecule has 4 heteroatoms. The molecule has 2 heterocycles. The number of fused-ring (bicyclic) bond motifs is 1. The van der Waals surface area contributed by atoms with Crippen LogP contribution in [0.2, 0.25) is 0 Å². The third kappa shape index (κ3) is 2.34. The van der Waals surface area contributed by atoms with E-state index in [4.69, 9.17) is 0 Å². The molecule has 0 amide bonds. The van der Waals surface area contributed by atoms with E-state index in [9.17, 15) is 0 Å². The van der Waals surface area contributed by atoms with Crippen LogP contribution in [0.25, 0.3) is 0 Å². The van der Waals surface area contributed by atoms with Crippen LogP contribution >= 0.6 is 11.3 Å². The molecule has 0 saturated heterocycles. The molecule has 3 rings (SSSR count). The van der Waals surface area contributed by atoms with Crippen molar-refractivity contribution in [3.63, 3.8) is 0 Å². The van der Waals surface area contributed by atoms with Gasteiger partial charge in [-0.3, -0.25) is 0 Å². The van der Waals surface area contributed by atoms with Crippen molar-refractivity contribution in [2.24, 2.45) is 0 Å². The highest BCUT2D eigenvalue weighted by Crippen LogP contribution is 2.29. The lowest BCUT2D eigenvalue weighted by atomic mass is 10.2. The molecule has 1 aliphatic rings. The van der Waals surface area contributed by atoms with Gasteiger partial charge in [-0.15, -0.1) is 11.3 Å².